The number of aromatic nitrogens is 1. The second-order valence-corrected chi connectivity index (χ2v) is 4.23. The first-order valence-electron chi connectivity index (χ1n) is 6.26. The van der Waals surface area contributed by atoms with Gasteiger partial charge in [0.05, 0.1) is 0 Å². The van der Waals surface area contributed by atoms with E-state index in [1.807, 2.05) is 36.4 Å². The van der Waals surface area contributed by atoms with Gasteiger partial charge in [-0.15, -0.1) is 0 Å². The van der Waals surface area contributed by atoms with Crippen LogP contribution in [-0.2, 0) is 13.0 Å². The molecule has 1 aromatic heterocycles. The minimum Gasteiger partial charge on any atom is -0.352 e. The van der Waals surface area contributed by atoms with Crippen molar-refractivity contribution in [3.8, 4) is 0 Å². The van der Waals surface area contributed by atoms with Crippen molar-refractivity contribution in [2.24, 2.45) is 5.73 Å². The van der Waals surface area contributed by atoms with Gasteiger partial charge in [0.15, 0.2) is 0 Å². The van der Waals surface area contributed by atoms with E-state index in [1.165, 1.54) is 0 Å². The molecule has 0 atom stereocenters. The largest absolute Gasteiger partial charge is 0.352 e. The first-order valence-corrected chi connectivity index (χ1v) is 6.26. The van der Waals surface area contributed by atoms with Gasteiger partial charge in [-0.3, -0.25) is 9.78 Å². The average molecular weight is 255 g/mol. The number of hydrogen-bond donors (Lipinski definition) is 2. The summed E-state index contributed by atoms with van der Waals surface area (Å²) >= 11 is 0. The van der Waals surface area contributed by atoms with Gasteiger partial charge in [-0.25, -0.2) is 0 Å². The lowest BCUT2D eigenvalue weighted by Gasteiger charge is -2.06. The maximum atomic E-state index is 11.9. The molecule has 4 heteroatoms. The quantitative estimate of drug-likeness (QED) is 0.851. The Bertz CT molecular complexity index is 540. The van der Waals surface area contributed by atoms with Crippen LogP contribution in [0.25, 0.3) is 0 Å². The van der Waals surface area contributed by atoms with E-state index in [-0.39, 0.29) is 5.91 Å². The number of benzene rings is 1. The van der Waals surface area contributed by atoms with Gasteiger partial charge in [0, 0.05) is 37.0 Å². The summed E-state index contributed by atoms with van der Waals surface area (Å²) in [4.78, 5) is 16.1. The van der Waals surface area contributed by atoms with Crippen LogP contribution < -0.4 is 11.1 Å². The zero-order chi connectivity index (χ0) is 13.5. The Kier molecular flexibility index (Phi) is 4.64. The fourth-order valence-corrected chi connectivity index (χ4v) is 1.79. The van der Waals surface area contributed by atoms with Crippen molar-refractivity contribution in [2.75, 3.05) is 6.54 Å². The molecule has 3 N–H and O–H groups in total. The highest BCUT2D eigenvalue weighted by Gasteiger charge is 2.05. The maximum Gasteiger partial charge on any atom is 0.251 e. The number of nitrogens with one attached hydrogen (secondary N) is 1. The molecule has 0 radical (unpaired) electrons. The smallest absolute Gasteiger partial charge is 0.251 e. The molecule has 98 valence electrons. The molecule has 1 amide bonds. The Morgan fingerprint density at radius 2 is 2.11 bits per heavy atom. The summed E-state index contributed by atoms with van der Waals surface area (Å²) in [5.41, 5.74) is 8.12. The van der Waals surface area contributed by atoms with E-state index in [9.17, 15) is 4.79 Å². The maximum absolute atomic E-state index is 11.9. The third kappa shape index (κ3) is 3.89. The molecule has 4 nitrogen and oxygen atoms in total. The highest BCUT2D eigenvalue weighted by molar-refractivity contribution is 5.94. The average Bonchev–Trinajstić information content (AvgIpc) is 2.48. The van der Waals surface area contributed by atoms with Gasteiger partial charge in [0.25, 0.3) is 5.91 Å². The second kappa shape index (κ2) is 6.66. The highest BCUT2D eigenvalue weighted by Crippen LogP contribution is 2.04. The minimum atomic E-state index is -0.0776. The number of nitrogens with zero attached hydrogens (tertiary/aromatic N) is 1. The number of rotatable bonds is 5. The van der Waals surface area contributed by atoms with Crippen molar-refractivity contribution < 1.29 is 4.79 Å². The van der Waals surface area contributed by atoms with Crippen LogP contribution in [0.4, 0.5) is 0 Å². The van der Waals surface area contributed by atoms with Gasteiger partial charge in [0.1, 0.15) is 0 Å². The zero-order valence-corrected chi connectivity index (χ0v) is 10.7. The number of hydrogen-bond acceptors (Lipinski definition) is 3. The molecule has 19 heavy (non-hydrogen) atoms. The topological polar surface area (TPSA) is 68.0 Å². The second-order valence-electron chi connectivity index (χ2n) is 4.23. The molecule has 2 rings (SSSR count). The van der Waals surface area contributed by atoms with Gasteiger partial charge in [-0.2, -0.15) is 0 Å². The van der Waals surface area contributed by atoms with Gasteiger partial charge >= 0.3 is 0 Å². The normalized spacial score (nSPS) is 10.2. The number of pyridine rings is 1. The molecule has 0 unspecified atom stereocenters. The molecule has 1 aromatic carbocycles. The van der Waals surface area contributed by atoms with E-state index in [1.54, 1.807) is 12.3 Å². The lowest BCUT2D eigenvalue weighted by molar-refractivity contribution is 0.0954. The first-order chi connectivity index (χ1) is 9.29. The molecule has 0 aliphatic heterocycles. The summed E-state index contributed by atoms with van der Waals surface area (Å²) in [6.07, 6.45) is 2.48. The lowest BCUT2D eigenvalue weighted by atomic mass is 10.1. The molecule has 1 heterocycles. The monoisotopic (exact) mass is 255 g/mol. The summed E-state index contributed by atoms with van der Waals surface area (Å²) < 4.78 is 0. The Balaban J connectivity index is 1.87. The molecule has 0 saturated heterocycles. The number of carbonyl (C=O) groups excluding carboxylic acids is 1. The van der Waals surface area contributed by atoms with Gasteiger partial charge in [-0.1, -0.05) is 18.2 Å². The van der Waals surface area contributed by atoms with Crippen molar-refractivity contribution >= 4 is 5.91 Å². The third-order valence-electron chi connectivity index (χ3n) is 2.82. The standard InChI is InChI=1S/C15H17N3O/c16-11-12-4-3-5-13(10-12)15(19)18-9-7-14-6-1-2-8-17-14/h1-6,8,10H,7,9,11,16H2,(H,18,19). The molecule has 0 fully saturated rings. The molecule has 0 bridgehead atoms. The molecular weight excluding hydrogens is 238 g/mol. The van der Waals surface area contributed by atoms with E-state index >= 15 is 0 Å². The Hall–Kier alpha value is -2.20. The predicted molar refractivity (Wildman–Crippen MR) is 74.6 cm³/mol. The molecule has 0 aliphatic rings. The highest BCUT2D eigenvalue weighted by atomic mass is 16.1. The van der Waals surface area contributed by atoms with Crippen molar-refractivity contribution in [1.82, 2.24) is 10.3 Å². The van der Waals surface area contributed by atoms with E-state index < -0.39 is 0 Å². The SMILES string of the molecule is NCc1cccc(C(=O)NCCc2ccccn2)c1. The molecule has 0 aliphatic carbocycles. The Morgan fingerprint density at radius 1 is 1.21 bits per heavy atom. The summed E-state index contributed by atoms with van der Waals surface area (Å²) in [6, 6.07) is 13.1. The van der Waals surface area contributed by atoms with Gasteiger partial charge in [-0.05, 0) is 29.8 Å². The van der Waals surface area contributed by atoms with E-state index in [4.69, 9.17) is 5.73 Å². The zero-order valence-electron chi connectivity index (χ0n) is 10.7. The molecular formula is C15H17N3O. The number of carbonyl (C=O) groups is 1. The van der Waals surface area contributed by atoms with Crippen LogP contribution in [0.2, 0.25) is 0 Å². The van der Waals surface area contributed by atoms with Crippen molar-refractivity contribution in [1.29, 1.82) is 0 Å². The van der Waals surface area contributed by atoms with Crippen LogP contribution in [0.3, 0.4) is 0 Å². The van der Waals surface area contributed by atoms with Gasteiger partial charge < -0.3 is 11.1 Å². The van der Waals surface area contributed by atoms with E-state index in [0.29, 0.717) is 18.7 Å². The summed E-state index contributed by atoms with van der Waals surface area (Å²) in [7, 11) is 0. The van der Waals surface area contributed by atoms with Crippen LogP contribution in [0.5, 0.6) is 0 Å². The minimum absolute atomic E-state index is 0.0776. The van der Waals surface area contributed by atoms with Crippen LogP contribution >= 0.6 is 0 Å². The molecule has 2 aromatic rings. The summed E-state index contributed by atoms with van der Waals surface area (Å²) in [5, 5.41) is 2.88. The van der Waals surface area contributed by atoms with Crippen molar-refractivity contribution in [3.05, 3.63) is 65.5 Å². The first kappa shape index (κ1) is 13.2. The van der Waals surface area contributed by atoms with E-state index in [0.717, 1.165) is 17.7 Å². The van der Waals surface area contributed by atoms with Gasteiger partial charge in [0.2, 0.25) is 0 Å². The third-order valence-corrected chi connectivity index (χ3v) is 2.82. The summed E-state index contributed by atoms with van der Waals surface area (Å²) in [6.45, 7) is 1.01. The summed E-state index contributed by atoms with van der Waals surface area (Å²) in [5.74, 6) is -0.0776. The van der Waals surface area contributed by atoms with Crippen LogP contribution in [0, 0.1) is 0 Å². The van der Waals surface area contributed by atoms with Crippen LogP contribution in [-0.4, -0.2) is 17.4 Å². The fourth-order valence-electron chi connectivity index (χ4n) is 1.79. The Labute approximate surface area is 112 Å². The van der Waals surface area contributed by atoms with E-state index in [2.05, 4.69) is 10.3 Å². The number of nitrogens with two attached hydrogens (primary N) is 1. The molecule has 0 saturated carbocycles. The Morgan fingerprint density at radius 3 is 2.84 bits per heavy atom. The molecule has 0 spiro atoms. The number of amides is 1. The van der Waals surface area contributed by atoms with Crippen molar-refractivity contribution in [3.63, 3.8) is 0 Å². The fraction of sp³-hybridized carbons (Fsp3) is 0.200. The van der Waals surface area contributed by atoms with Crippen molar-refractivity contribution in [2.45, 2.75) is 13.0 Å². The predicted octanol–water partition coefficient (Wildman–Crippen LogP) is 1.51. The van der Waals surface area contributed by atoms with Crippen LogP contribution in [0.1, 0.15) is 21.6 Å². The van der Waals surface area contributed by atoms with Crippen LogP contribution in [0.15, 0.2) is 48.7 Å². The lowest BCUT2D eigenvalue weighted by Crippen LogP contribution is -2.26.